The summed E-state index contributed by atoms with van der Waals surface area (Å²) in [4.78, 5) is 26.0. The van der Waals surface area contributed by atoms with Crippen LogP contribution in [0.5, 0.6) is 0 Å². The molecule has 0 unspecified atom stereocenters. The molecule has 4 heteroatoms. The second-order valence-electron chi connectivity index (χ2n) is 6.23. The van der Waals surface area contributed by atoms with Crippen molar-refractivity contribution in [1.82, 2.24) is 4.90 Å². The first-order chi connectivity index (χ1) is 10.6. The highest BCUT2D eigenvalue weighted by molar-refractivity contribution is 6.00. The Morgan fingerprint density at radius 2 is 1.77 bits per heavy atom. The Hall–Kier alpha value is -2.10. The summed E-state index contributed by atoms with van der Waals surface area (Å²) in [5.41, 5.74) is 2.56. The Balaban J connectivity index is 1.60. The first-order valence-corrected chi connectivity index (χ1v) is 8.02. The molecule has 3 rings (SSSR count). The summed E-state index contributed by atoms with van der Waals surface area (Å²) in [6, 6.07) is 7.16. The molecule has 1 aromatic carbocycles. The molecule has 4 nitrogen and oxygen atoms in total. The molecule has 0 aromatic heterocycles. The topological polar surface area (TPSA) is 49.4 Å². The predicted molar refractivity (Wildman–Crippen MR) is 86.7 cm³/mol. The Kier molecular flexibility index (Phi) is 4.27. The molecular formula is C18H22N2O2. The number of carbonyl (C=O) groups excluding carboxylic acids is 2. The van der Waals surface area contributed by atoms with Gasteiger partial charge in [0.05, 0.1) is 0 Å². The van der Waals surface area contributed by atoms with Crippen LogP contribution in [0.4, 0.5) is 5.69 Å². The van der Waals surface area contributed by atoms with E-state index >= 15 is 0 Å². The molecule has 1 saturated carbocycles. The zero-order valence-corrected chi connectivity index (χ0v) is 13.0. The number of nitrogens with zero attached hydrogens (tertiary/aromatic N) is 1. The van der Waals surface area contributed by atoms with Crippen molar-refractivity contribution in [1.29, 1.82) is 0 Å². The monoisotopic (exact) mass is 298 g/mol. The Bertz CT molecular complexity index is 594. The number of carbonyl (C=O) groups is 2. The largest absolute Gasteiger partial charge is 0.339 e. The van der Waals surface area contributed by atoms with Crippen LogP contribution in [0.1, 0.15) is 43.0 Å². The molecule has 1 saturated heterocycles. The molecule has 2 fully saturated rings. The van der Waals surface area contributed by atoms with Gasteiger partial charge in [-0.15, -0.1) is 0 Å². The summed E-state index contributed by atoms with van der Waals surface area (Å²) < 4.78 is 0. The van der Waals surface area contributed by atoms with Gasteiger partial charge in [0, 0.05) is 30.4 Å². The van der Waals surface area contributed by atoms with E-state index in [1.807, 2.05) is 11.8 Å². The molecule has 0 spiro atoms. The number of nitrogens with one attached hydrogen (secondary N) is 1. The van der Waals surface area contributed by atoms with Crippen molar-refractivity contribution in [2.45, 2.75) is 32.6 Å². The standard InChI is InChI=1S/C18H22N2O2/c1-13(14-4-5-14)12-17(21)19-16-8-6-15(7-9-16)18(22)20-10-2-3-11-20/h6-9,12,14H,2-5,10-11H2,1H3,(H,19,21). The van der Waals surface area contributed by atoms with Crippen molar-refractivity contribution in [3.05, 3.63) is 41.5 Å². The van der Waals surface area contributed by atoms with Crippen molar-refractivity contribution < 1.29 is 9.59 Å². The summed E-state index contributed by atoms with van der Waals surface area (Å²) >= 11 is 0. The van der Waals surface area contributed by atoms with Crippen LogP contribution < -0.4 is 5.32 Å². The van der Waals surface area contributed by atoms with Crippen LogP contribution in [0, 0.1) is 5.92 Å². The van der Waals surface area contributed by atoms with Gasteiger partial charge in [0.15, 0.2) is 0 Å². The van der Waals surface area contributed by atoms with Crippen molar-refractivity contribution in [2.75, 3.05) is 18.4 Å². The summed E-state index contributed by atoms with van der Waals surface area (Å²) in [5, 5.41) is 2.85. The van der Waals surface area contributed by atoms with Crippen LogP contribution in [0.25, 0.3) is 0 Å². The van der Waals surface area contributed by atoms with Crippen LogP contribution in [0.15, 0.2) is 35.9 Å². The summed E-state index contributed by atoms with van der Waals surface area (Å²) in [5.74, 6) is 0.592. The van der Waals surface area contributed by atoms with E-state index in [2.05, 4.69) is 5.32 Å². The van der Waals surface area contributed by atoms with E-state index in [9.17, 15) is 9.59 Å². The smallest absolute Gasteiger partial charge is 0.253 e. The van der Waals surface area contributed by atoms with Crippen molar-refractivity contribution >= 4 is 17.5 Å². The molecule has 0 atom stereocenters. The van der Waals surface area contributed by atoms with E-state index in [0.29, 0.717) is 11.5 Å². The van der Waals surface area contributed by atoms with Gasteiger partial charge in [0.25, 0.3) is 5.91 Å². The summed E-state index contributed by atoms with van der Waals surface area (Å²) in [6.07, 6.45) is 6.26. The fourth-order valence-electron chi connectivity index (χ4n) is 2.84. The molecule has 1 aliphatic heterocycles. The number of anilines is 1. The number of hydrogen-bond donors (Lipinski definition) is 1. The van der Waals surface area contributed by atoms with Gasteiger partial charge in [0.1, 0.15) is 0 Å². The lowest BCUT2D eigenvalue weighted by Crippen LogP contribution is -2.27. The van der Waals surface area contributed by atoms with Gasteiger partial charge in [-0.1, -0.05) is 5.57 Å². The summed E-state index contributed by atoms with van der Waals surface area (Å²) in [6.45, 7) is 3.71. The fourth-order valence-corrected chi connectivity index (χ4v) is 2.84. The van der Waals surface area contributed by atoms with Crippen molar-refractivity contribution in [3.8, 4) is 0 Å². The highest BCUT2D eigenvalue weighted by Crippen LogP contribution is 2.35. The minimum absolute atomic E-state index is 0.0832. The maximum atomic E-state index is 12.2. The third kappa shape index (κ3) is 3.56. The third-order valence-corrected chi connectivity index (χ3v) is 4.37. The average Bonchev–Trinajstić information content (AvgIpc) is 3.22. The number of amides is 2. The minimum Gasteiger partial charge on any atom is -0.339 e. The molecule has 0 bridgehead atoms. The minimum atomic E-state index is -0.0944. The van der Waals surface area contributed by atoms with Crippen molar-refractivity contribution in [2.24, 2.45) is 5.92 Å². The van der Waals surface area contributed by atoms with E-state index in [1.54, 1.807) is 30.3 Å². The second-order valence-corrected chi connectivity index (χ2v) is 6.23. The van der Waals surface area contributed by atoms with Gasteiger partial charge < -0.3 is 10.2 Å². The molecule has 1 aromatic rings. The maximum Gasteiger partial charge on any atom is 0.253 e. The quantitative estimate of drug-likeness (QED) is 0.868. The first kappa shape index (κ1) is 14.8. The SMILES string of the molecule is CC(=CC(=O)Nc1ccc(C(=O)N2CCCC2)cc1)C1CC1. The molecule has 1 aliphatic carbocycles. The normalized spacial score (nSPS) is 18.4. The summed E-state index contributed by atoms with van der Waals surface area (Å²) in [7, 11) is 0. The molecule has 2 amide bonds. The molecular weight excluding hydrogens is 276 g/mol. The van der Waals surface area contributed by atoms with Gasteiger partial charge in [-0.05, 0) is 62.8 Å². The highest BCUT2D eigenvalue weighted by Gasteiger charge is 2.23. The highest BCUT2D eigenvalue weighted by atomic mass is 16.2. The van der Waals surface area contributed by atoms with Gasteiger partial charge >= 0.3 is 0 Å². The Morgan fingerprint density at radius 3 is 2.36 bits per heavy atom. The van der Waals surface area contributed by atoms with Gasteiger partial charge in [-0.2, -0.15) is 0 Å². The Morgan fingerprint density at radius 1 is 1.14 bits per heavy atom. The van der Waals surface area contributed by atoms with Gasteiger partial charge in [-0.25, -0.2) is 0 Å². The van der Waals surface area contributed by atoms with Gasteiger partial charge in [-0.3, -0.25) is 9.59 Å². The molecule has 1 heterocycles. The number of hydrogen-bond acceptors (Lipinski definition) is 2. The fraction of sp³-hybridized carbons (Fsp3) is 0.444. The van der Waals surface area contributed by atoms with Crippen LogP contribution in [0.2, 0.25) is 0 Å². The number of rotatable bonds is 4. The third-order valence-electron chi connectivity index (χ3n) is 4.37. The molecule has 0 radical (unpaired) electrons. The van der Waals surface area contributed by atoms with E-state index in [4.69, 9.17) is 0 Å². The van der Waals surface area contributed by atoms with Crippen LogP contribution in [0.3, 0.4) is 0 Å². The first-order valence-electron chi connectivity index (χ1n) is 8.02. The van der Waals surface area contributed by atoms with Crippen LogP contribution in [-0.2, 0) is 4.79 Å². The van der Waals surface area contributed by atoms with Gasteiger partial charge in [0.2, 0.25) is 5.91 Å². The molecule has 116 valence electrons. The van der Waals surface area contributed by atoms with E-state index in [-0.39, 0.29) is 11.8 Å². The van der Waals surface area contributed by atoms with E-state index in [0.717, 1.165) is 37.2 Å². The zero-order valence-electron chi connectivity index (χ0n) is 13.0. The molecule has 2 aliphatic rings. The number of likely N-dealkylation sites (tertiary alicyclic amines) is 1. The molecule has 1 N–H and O–H groups in total. The maximum absolute atomic E-state index is 12.2. The van der Waals surface area contributed by atoms with Crippen LogP contribution >= 0.6 is 0 Å². The van der Waals surface area contributed by atoms with Crippen LogP contribution in [-0.4, -0.2) is 29.8 Å². The predicted octanol–water partition coefficient (Wildman–Crippen LogP) is 3.22. The lowest BCUT2D eigenvalue weighted by molar-refractivity contribution is -0.112. The lowest BCUT2D eigenvalue weighted by atomic mass is 10.1. The molecule has 22 heavy (non-hydrogen) atoms. The number of benzene rings is 1. The van der Waals surface area contributed by atoms with E-state index in [1.165, 1.54) is 12.8 Å². The zero-order chi connectivity index (χ0) is 15.5. The average molecular weight is 298 g/mol. The lowest BCUT2D eigenvalue weighted by Gasteiger charge is -2.15. The van der Waals surface area contributed by atoms with E-state index < -0.39 is 0 Å². The second kappa shape index (κ2) is 6.34. The number of allylic oxidation sites excluding steroid dienone is 1. The Labute approximate surface area is 131 Å². The van der Waals surface area contributed by atoms with Crippen molar-refractivity contribution in [3.63, 3.8) is 0 Å².